The van der Waals surface area contributed by atoms with Crippen molar-refractivity contribution in [3.05, 3.63) is 28.2 Å². The maximum atomic E-state index is 10.6. The van der Waals surface area contributed by atoms with E-state index in [0.717, 1.165) is 4.47 Å². The second-order valence-corrected chi connectivity index (χ2v) is 3.46. The van der Waals surface area contributed by atoms with Crippen molar-refractivity contribution in [1.82, 2.24) is 0 Å². The zero-order valence-electron chi connectivity index (χ0n) is 7.08. The highest BCUT2D eigenvalue weighted by molar-refractivity contribution is 9.10. The summed E-state index contributed by atoms with van der Waals surface area (Å²) in [5.74, 6) is 0.0629. The fourth-order valence-corrected chi connectivity index (χ4v) is 1.46. The first-order valence-electron chi connectivity index (χ1n) is 3.70. The van der Waals surface area contributed by atoms with E-state index in [0.29, 0.717) is 11.3 Å². The van der Waals surface area contributed by atoms with Crippen LogP contribution >= 0.6 is 15.9 Å². The van der Waals surface area contributed by atoms with Gasteiger partial charge in [-0.3, -0.25) is 4.79 Å². The van der Waals surface area contributed by atoms with Crippen LogP contribution in [0.2, 0.25) is 0 Å². The van der Waals surface area contributed by atoms with Crippen LogP contribution in [0.5, 0.6) is 5.75 Å². The first-order valence-corrected chi connectivity index (χ1v) is 4.50. The zero-order chi connectivity index (χ0) is 9.84. The molecule has 0 aliphatic carbocycles. The third-order valence-electron chi connectivity index (χ3n) is 1.38. The molecule has 4 heteroatoms. The molecular weight excluding hydrogens is 236 g/mol. The second-order valence-electron chi connectivity index (χ2n) is 2.55. The Morgan fingerprint density at radius 3 is 2.77 bits per heavy atom. The second kappa shape index (κ2) is 4.39. The Hall–Kier alpha value is -0.870. The molecule has 0 saturated carbocycles. The molecule has 0 bridgehead atoms. The van der Waals surface area contributed by atoms with Gasteiger partial charge in [-0.15, -0.1) is 0 Å². The first kappa shape index (κ1) is 10.2. The van der Waals surface area contributed by atoms with E-state index in [1.165, 1.54) is 6.92 Å². The fourth-order valence-electron chi connectivity index (χ4n) is 0.937. The molecule has 70 valence electrons. The van der Waals surface area contributed by atoms with Crippen LogP contribution < -0.4 is 4.74 Å². The molecule has 0 radical (unpaired) electrons. The Kier molecular flexibility index (Phi) is 3.45. The summed E-state index contributed by atoms with van der Waals surface area (Å²) in [4.78, 5) is 10.6. The Labute approximate surface area is 84.5 Å². The van der Waals surface area contributed by atoms with Gasteiger partial charge in [-0.05, 0) is 23.8 Å². The van der Waals surface area contributed by atoms with Gasteiger partial charge in [0.05, 0.1) is 6.61 Å². The van der Waals surface area contributed by atoms with Crippen LogP contribution in [0.3, 0.4) is 0 Å². The Bertz CT molecular complexity index is 323. The Morgan fingerprint density at radius 2 is 2.23 bits per heavy atom. The average Bonchev–Trinajstić information content (AvgIpc) is 2.01. The van der Waals surface area contributed by atoms with Gasteiger partial charge in [-0.25, -0.2) is 0 Å². The summed E-state index contributed by atoms with van der Waals surface area (Å²) in [6, 6.07) is 5.04. The third-order valence-corrected chi connectivity index (χ3v) is 1.83. The van der Waals surface area contributed by atoms with Crippen molar-refractivity contribution >= 4 is 21.9 Å². The molecular formula is C9H9BrO3. The standard InChI is InChI=1S/C9H9BrO3/c1-6(12)13-9-3-7(5-11)2-8(10)4-9/h2-4,11H,5H2,1H3. The van der Waals surface area contributed by atoms with Gasteiger partial charge < -0.3 is 9.84 Å². The van der Waals surface area contributed by atoms with Crippen LogP contribution in [0, 0.1) is 0 Å². The molecule has 3 nitrogen and oxygen atoms in total. The van der Waals surface area contributed by atoms with Crippen LogP contribution in [0.4, 0.5) is 0 Å². The van der Waals surface area contributed by atoms with Gasteiger partial charge in [0, 0.05) is 11.4 Å². The number of aliphatic hydroxyl groups is 1. The Balaban J connectivity index is 2.94. The van der Waals surface area contributed by atoms with E-state index in [-0.39, 0.29) is 12.6 Å². The van der Waals surface area contributed by atoms with Gasteiger partial charge in [0.15, 0.2) is 0 Å². The minimum atomic E-state index is -0.373. The number of esters is 1. The molecule has 1 N–H and O–H groups in total. The summed E-state index contributed by atoms with van der Waals surface area (Å²) in [6.45, 7) is 1.26. The zero-order valence-corrected chi connectivity index (χ0v) is 8.67. The molecule has 0 unspecified atom stereocenters. The topological polar surface area (TPSA) is 46.5 Å². The third kappa shape index (κ3) is 3.16. The SMILES string of the molecule is CC(=O)Oc1cc(Br)cc(CO)c1. The lowest BCUT2D eigenvalue weighted by Gasteiger charge is -2.03. The lowest BCUT2D eigenvalue weighted by atomic mass is 10.2. The predicted octanol–water partition coefficient (Wildman–Crippen LogP) is 1.87. The summed E-state index contributed by atoms with van der Waals surface area (Å²) in [5.41, 5.74) is 0.700. The van der Waals surface area contributed by atoms with Crippen molar-refractivity contribution in [2.24, 2.45) is 0 Å². The number of carbonyl (C=O) groups is 1. The van der Waals surface area contributed by atoms with Crippen molar-refractivity contribution in [3.8, 4) is 5.75 Å². The number of aliphatic hydroxyl groups excluding tert-OH is 1. The molecule has 0 fully saturated rings. The van der Waals surface area contributed by atoms with Crippen molar-refractivity contribution in [2.45, 2.75) is 13.5 Å². The molecule has 0 saturated heterocycles. The Morgan fingerprint density at radius 1 is 1.54 bits per heavy atom. The fraction of sp³-hybridized carbons (Fsp3) is 0.222. The van der Waals surface area contributed by atoms with Crippen LogP contribution in [0.1, 0.15) is 12.5 Å². The highest BCUT2D eigenvalue weighted by Crippen LogP contribution is 2.21. The van der Waals surface area contributed by atoms with Gasteiger partial charge in [-0.2, -0.15) is 0 Å². The normalized spacial score (nSPS) is 9.77. The number of hydrogen-bond acceptors (Lipinski definition) is 3. The summed E-state index contributed by atoms with van der Waals surface area (Å²) in [5, 5.41) is 8.86. The van der Waals surface area contributed by atoms with E-state index in [9.17, 15) is 4.79 Å². The number of ether oxygens (including phenoxy) is 1. The van der Waals surface area contributed by atoms with E-state index in [4.69, 9.17) is 9.84 Å². The van der Waals surface area contributed by atoms with Crippen LogP contribution in [0.25, 0.3) is 0 Å². The molecule has 0 atom stereocenters. The number of rotatable bonds is 2. The van der Waals surface area contributed by atoms with Gasteiger partial charge in [0.25, 0.3) is 0 Å². The lowest BCUT2D eigenvalue weighted by molar-refractivity contribution is -0.131. The minimum absolute atomic E-state index is 0.0757. The molecule has 13 heavy (non-hydrogen) atoms. The summed E-state index contributed by atoms with van der Waals surface area (Å²) in [6.07, 6.45) is 0. The van der Waals surface area contributed by atoms with E-state index in [1.807, 2.05) is 0 Å². The first-order chi connectivity index (χ1) is 6.11. The maximum Gasteiger partial charge on any atom is 0.308 e. The van der Waals surface area contributed by atoms with Crippen molar-refractivity contribution in [1.29, 1.82) is 0 Å². The van der Waals surface area contributed by atoms with Crippen molar-refractivity contribution < 1.29 is 14.6 Å². The van der Waals surface area contributed by atoms with Gasteiger partial charge in [0.2, 0.25) is 0 Å². The van der Waals surface area contributed by atoms with Gasteiger partial charge in [-0.1, -0.05) is 15.9 Å². The molecule has 1 rings (SSSR count). The highest BCUT2D eigenvalue weighted by Gasteiger charge is 2.01. The largest absolute Gasteiger partial charge is 0.427 e. The van der Waals surface area contributed by atoms with Crippen molar-refractivity contribution in [3.63, 3.8) is 0 Å². The maximum absolute atomic E-state index is 10.6. The van der Waals surface area contributed by atoms with Gasteiger partial charge in [0.1, 0.15) is 5.75 Å². The highest BCUT2D eigenvalue weighted by atomic mass is 79.9. The molecule has 0 spiro atoms. The number of benzene rings is 1. The molecule has 1 aromatic carbocycles. The number of hydrogen-bond donors (Lipinski definition) is 1. The van der Waals surface area contributed by atoms with E-state index >= 15 is 0 Å². The lowest BCUT2D eigenvalue weighted by Crippen LogP contribution is -2.01. The summed E-state index contributed by atoms with van der Waals surface area (Å²) >= 11 is 3.24. The molecule has 0 aliphatic heterocycles. The molecule has 0 aromatic heterocycles. The summed E-state index contributed by atoms with van der Waals surface area (Å²) < 4.78 is 5.63. The minimum Gasteiger partial charge on any atom is -0.427 e. The molecule has 0 heterocycles. The van der Waals surface area contributed by atoms with E-state index in [1.54, 1.807) is 18.2 Å². The number of halogens is 1. The summed E-state index contributed by atoms with van der Waals surface area (Å²) in [7, 11) is 0. The molecule has 0 amide bonds. The van der Waals surface area contributed by atoms with Crippen LogP contribution in [-0.2, 0) is 11.4 Å². The van der Waals surface area contributed by atoms with Crippen LogP contribution in [-0.4, -0.2) is 11.1 Å². The smallest absolute Gasteiger partial charge is 0.308 e. The molecule has 1 aromatic rings. The molecule has 0 aliphatic rings. The predicted molar refractivity (Wildman–Crippen MR) is 51.4 cm³/mol. The van der Waals surface area contributed by atoms with Gasteiger partial charge >= 0.3 is 5.97 Å². The van der Waals surface area contributed by atoms with E-state index < -0.39 is 0 Å². The van der Waals surface area contributed by atoms with E-state index in [2.05, 4.69) is 15.9 Å². The monoisotopic (exact) mass is 244 g/mol. The van der Waals surface area contributed by atoms with Crippen molar-refractivity contribution in [2.75, 3.05) is 0 Å². The quantitative estimate of drug-likeness (QED) is 0.639. The van der Waals surface area contributed by atoms with Crippen LogP contribution in [0.15, 0.2) is 22.7 Å². The average molecular weight is 245 g/mol. The number of carbonyl (C=O) groups excluding carboxylic acids is 1.